The fourth-order valence-corrected chi connectivity index (χ4v) is 4.82. The molecule has 0 aliphatic heterocycles. The molecule has 0 bridgehead atoms. The van der Waals surface area contributed by atoms with Gasteiger partial charge in [-0.1, -0.05) is 21.4 Å². The average molecular weight is 387 g/mol. The maximum Gasteiger partial charge on any atom is 0.123 e. The number of benzene rings is 1. The zero-order valence-electron chi connectivity index (χ0n) is 14.4. The molecule has 1 rings (SSSR count). The van der Waals surface area contributed by atoms with Crippen LogP contribution in [0.1, 0.15) is 25.0 Å². The standard InChI is InChI=1S/C16H28Cl2O2S2/c1-7-19-15-9-14(12-22(5,6)18)16(20-8-2)10-13(15)11-21(3,4)17/h9-10H,7-8,11-12H2,1-6H3. The minimum atomic E-state index is -1.18. The van der Waals surface area contributed by atoms with E-state index in [1.54, 1.807) is 0 Å². The zero-order chi connectivity index (χ0) is 17.0. The zero-order valence-corrected chi connectivity index (χ0v) is 17.5. The highest BCUT2D eigenvalue weighted by molar-refractivity contribution is 8.50. The molecule has 22 heavy (non-hydrogen) atoms. The highest BCUT2D eigenvalue weighted by Gasteiger charge is 2.19. The first kappa shape index (κ1) is 20.1. The fourth-order valence-electron chi connectivity index (χ4n) is 2.19. The summed E-state index contributed by atoms with van der Waals surface area (Å²) in [6.45, 7) is 5.26. The molecule has 1 aromatic carbocycles. The van der Waals surface area contributed by atoms with E-state index in [-0.39, 0.29) is 0 Å². The normalized spacial score (nSPS) is 13.8. The summed E-state index contributed by atoms with van der Waals surface area (Å²) in [6, 6.07) is 4.17. The van der Waals surface area contributed by atoms with Crippen molar-refractivity contribution in [3.63, 3.8) is 0 Å². The Kier molecular flexibility index (Phi) is 7.58. The van der Waals surface area contributed by atoms with E-state index in [4.69, 9.17) is 30.8 Å². The molecule has 2 nitrogen and oxygen atoms in total. The Hall–Kier alpha value is 0.1000. The third kappa shape index (κ3) is 7.12. The minimum Gasteiger partial charge on any atom is -0.494 e. The Bertz CT molecular complexity index is 448. The molecule has 0 fully saturated rings. The number of ether oxygens (including phenoxy) is 2. The van der Waals surface area contributed by atoms with Gasteiger partial charge in [-0.15, -0.1) is 0 Å². The predicted octanol–water partition coefficient (Wildman–Crippen LogP) is 5.92. The van der Waals surface area contributed by atoms with E-state index in [9.17, 15) is 0 Å². The first-order valence-corrected chi connectivity index (χ1v) is 14.2. The van der Waals surface area contributed by atoms with Gasteiger partial charge in [-0.25, -0.2) is 0 Å². The number of halogens is 2. The van der Waals surface area contributed by atoms with Crippen molar-refractivity contribution < 1.29 is 9.47 Å². The maximum atomic E-state index is 6.49. The van der Waals surface area contributed by atoms with Crippen LogP contribution in [0.3, 0.4) is 0 Å². The van der Waals surface area contributed by atoms with Crippen LogP contribution in [0, 0.1) is 0 Å². The summed E-state index contributed by atoms with van der Waals surface area (Å²) < 4.78 is 11.7. The van der Waals surface area contributed by atoms with Gasteiger partial charge in [0.1, 0.15) is 11.5 Å². The van der Waals surface area contributed by atoms with Crippen molar-refractivity contribution in [2.45, 2.75) is 25.4 Å². The quantitative estimate of drug-likeness (QED) is 0.551. The SMILES string of the molecule is CCOc1cc(CS(C)(C)Cl)c(OCC)cc1CS(C)(C)Cl. The Morgan fingerprint density at radius 2 is 1.09 bits per heavy atom. The van der Waals surface area contributed by atoms with Crippen LogP contribution in [-0.4, -0.2) is 38.2 Å². The molecule has 0 amide bonds. The van der Waals surface area contributed by atoms with Crippen molar-refractivity contribution in [3.8, 4) is 11.5 Å². The van der Waals surface area contributed by atoms with E-state index in [0.717, 1.165) is 34.1 Å². The molecule has 0 saturated heterocycles. The summed E-state index contributed by atoms with van der Waals surface area (Å²) in [5.41, 5.74) is 2.23. The molecule has 0 aromatic heterocycles. The molecule has 130 valence electrons. The molecule has 0 aliphatic rings. The van der Waals surface area contributed by atoms with Crippen molar-refractivity contribution in [2.75, 3.05) is 38.2 Å². The average Bonchev–Trinajstić information content (AvgIpc) is 2.31. The second kappa shape index (κ2) is 8.27. The molecule has 0 aliphatic carbocycles. The smallest absolute Gasteiger partial charge is 0.123 e. The highest BCUT2D eigenvalue weighted by Crippen LogP contribution is 2.53. The van der Waals surface area contributed by atoms with Crippen LogP contribution in [0.4, 0.5) is 0 Å². The summed E-state index contributed by atoms with van der Waals surface area (Å²) >= 11 is 0. The minimum absolute atomic E-state index is 0.635. The largest absolute Gasteiger partial charge is 0.494 e. The maximum absolute atomic E-state index is 6.49. The molecule has 0 atom stereocenters. The van der Waals surface area contributed by atoms with Gasteiger partial charge in [0.2, 0.25) is 0 Å². The molecule has 0 heterocycles. The highest BCUT2D eigenvalue weighted by atomic mass is 35.7. The van der Waals surface area contributed by atoms with Crippen molar-refractivity contribution in [3.05, 3.63) is 23.3 Å². The van der Waals surface area contributed by atoms with Crippen molar-refractivity contribution in [2.24, 2.45) is 0 Å². The van der Waals surface area contributed by atoms with Gasteiger partial charge in [0.05, 0.1) is 13.2 Å². The second-order valence-corrected chi connectivity index (χ2v) is 17.2. The lowest BCUT2D eigenvalue weighted by molar-refractivity contribution is 0.326. The van der Waals surface area contributed by atoms with Crippen molar-refractivity contribution in [1.29, 1.82) is 0 Å². The van der Waals surface area contributed by atoms with Crippen LogP contribution in [0.2, 0.25) is 0 Å². The van der Waals surface area contributed by atoms with Gasteiger partial charge in [0.15, 0.2) is 0 Å². The van der Waals surface area contributed by atoms with Crippen LogP contribution in [0.25, 0.3) is 0 Å². The molecule has 0 saturated carbocycles. The molecule has 6 heteroatoms. The first-order chi connectivity index (χ1) is 10.1. The van der Waals surface area contributed by atoms with Gasteiger partial charge in [-0.3, -0.25) is 0 Å². The molecule has 1 aromatic rings. The monoisotopic (exact) mass is 386 g/mol. The van der Waals surface area contributed by atoms with Gasteiger partial charge in [0.25, 0.3) is 0 Å². The second-order valence-electron chi connectivity index (χ2n) is 6.03. The summed E-state index contributed by atoms with van der Waals surface area (Å²) in [7, 11) is 10.6. The van der Waals surface area contributed by atoms with Crippen LogP contribution in [0.5, 0.6) is 11.5 Å². The van der Waals surface area contributed by atoms with E-state index in [0.29, 0.717) is 13.2 Å². The lowest BCUT2D eigenvalue weighted by Crippen LogP contribution is -2.05. The fraction of sp³-hybridized carbons (Fsp3) is 0.625. The van der Waals surface area contributed by atoms with E-state index in [2.05, 4.69) is 37.2 Å². The summed E-state index contributed by atoms with van der Waals surface area (Å²) in [5.74, 6) is 3.42. The van der Waals surface area contributed by atoms with E-state index in [1.165, 1.54) is 0 Å². The number of hydrogen-bond donors (Lipinski definition) is 0. The van der Waals surface area contributed by atoms with Crippen LogP contribution in [0.15, 0.2) is 12.1 Å². The van der Waals surface area contributed by atoms with Gasteiger partial charge in [-0.2, -0.15) is 18.5 Å². The lowest BCUT2D eigenvalue weighted by atomic mass is 10.1. The van der Waals surface area contributed by atoms with Gasteiger partial charge >= 0.3 is 0 Å². The van der Waals surface area contributed by atoms with Gasteiger partial charge in [-0.05, 0) is 51.0 Å². The van der Waals surface area contributed by atoms with Gasteiger partial charge < -0.3 is 9.47 Å². The predicted molar refractivity (Wildman–Crippen MR) is 107 cm³/mol. The Labute approximate surface area is 147 Å². The summed E-state index contributed by atoms with van der Waals surface area (Å²) in [5, 5.41) is 0. The number of hydrogen-bond acceptors (Lipinski definition) is 2. The Morgan fingerprint density at radius 1 is 0.773 bits per heavy atom. The topological polar surface area (TPSA) is 18.5 Å². The Balaban J connectivity index is 3.30. The molecular formula is C16H28Cl2O2S2. The molecule has 0 radical (unpaired) electrons. The van der Waals surface area contributed by atoms with Crippen LogP contribution < -0.4 is 9.47 Å². The van der Waals surface area contributed by atoms with Crippen molar-refractivity contribution in [1.82, 2.24) is 0 Å². The summed E-state index contributed by atoms with van der Waals surface area (Å²) in [4.78, 5) is 0. The first-order valence-electron chi connectivity index (χ1n) is 7.28. The third-order valence-electron chi connectivity index (χ3n) is 2.84. The molecular weight excluding hydrogens is 359 g/mol. The van der Waals surface area contributed by atoms with E-state index < -0.39 is 18.5 Å². The third-order valence-corrected chi connectivity index (χ3v) is 5.49. The Morgan fingerprint density at radius 3 is 1.32 bits per heavy atom. The number of rotatable bonds is 8. The van der Waals surface area contributed by atoms with E-state index >= 15 is 0 Å². The molecule has 0 unspecified atom stereocenters. The molecule has 0 N–H and O–H groups in total. The molecule has 0 spiro atoms. The van der Waals surface area contributed by atoms with Gasteiger partial charge in [0, 0.05) is 22.6 Å². The van der Waals surface area contributed by atoms with Crippen LogP contribution >= 0.6 is 39.8 Å². The van der Waals surface area contributed by atoms with Crippen molar-refractivity contribution >= 4 is 39.8 Å². The van der Waals surface area contributed by atoms with Crippen LogP contribution in [-0.2, 0) is 11.5 Å². The van der Waals surface area contributed by atoms with E-state index in [1.807, 2.05) is 13.8 Å². The lowest BCUT2D eigenvalue weighted by Gasteiger charge is -2.27. The summed E-state index contributed by atoms with van der Waals surface area (Å²) in [6.07, 6.45) is 8.35.